The highest BCUT2D eigenvalue weighted by atomic mass is 16.6. The van der Waals surface area contributed by atoms with Crippen LogP contribution in [0.25, 0.3) is 0 Å². The van der Waals surface area contributed by atoms with Crippen molar-refractivity contribution in [2.75, 3.05) is 39.0 Å². The number of ether oxygens (including phenoxy) is 2. The predicted molar refractivity (Wildman–Crippen MR) is 189 cm³/mol. The molecule has 278 valence electrons. The molecule has 14 nitrogen and oxygen atoms in total. The zero-order chi connectivity index (χ0) is 37.4. The molecule has 0 aliphatic rings. The van der Waals surface area contributed by atoms with E-state index in [-0.39, 0.29) is 55.0 Å². The molecule has 4 amide bonds. The minimum atomic E-state index is -0.719. The van der Waals surface area contributed by atoms with Gasteiger partial charge in [-0.2, -0.15) is 0 Å². The number of nitrogens with zero attached hydrogens (tertiary/aromatic N) is 1. The zero-order valence-corrected chi connectivity index (χ0v) is 30.9. The molecular weight excluding hydrogens is 632 g/mol. The van der Waals surface area contributed by atoms with Gasteiger partial charge in [-0.3, -0.25) is 19.2 Å². The first-order chi connectivity index (χ1) is 22.6. The fraction of sp³-hybridized carbons (Fsp3) is 0.686. The van der Waals surface area contributed by atoms with Gasteiger partial charge in [0.05, 0.1) is 24.2 Å². The second kappa shape index (κ2) is 20.6. The molecule has 1 unspecified atom stereocenters. The van der Waals surface area contributed by atoms with E-state index in [2.05, 4.69) is 21.3 Å². The smallest absolute Gasteiger partial charge is 0.407 e. The number of likely N-dealkylation sites (N-methyl/N-ethyl adjacent to an activating group) is 1. The second-order valence-corrected chi connectivity index (χ2v) is 14.7. The topological polar surface area (TPSA) is 201 Å². The van der Waals surface area contributed by atoms with Crippen molar-refractivity contribution in [2.24, 2.45) is 11.7 Å². The van der Waals surface area contributed by atoms with Crippen LogP contribution in [0.4, 0.5) is 10.5 Å². The van der Waals surface area contributed by atoms with E-state index in [0.29, 0.717) is 44.3 Å². The van der Waals surface area contributed by atoms with Crippen molar-refractivity contribution in [1.29, 1.82) is 0 Å². The van der Waals surface area contributed by atoms with Crippen LogP contribution >= 0.6 is 0 Å². The Kier molecular flexibility index (Phi) is 18.1. The summed E-state index contributed by atoms with van der Waals surface area (Å²) in [7, 11) is 3.64. The largest absolute Gasteiger partial charge is 0.506 e. The fourth-order valence-electron chi connectivity index (χ4n) is 4.68. The zero-order valence-electron chi connectivity index (χ0n) is 30.9. The lowest BCUT2D eigenvalue weighted by Gasteiger charge is -2.27. The molecule has 0 fully saturated rings. The number of esters is 1. The number of amides is 4. The molecule has 1 rings (SSSR count). The normalized spacial score (nSPS) is 13.5. The quantitative estimate of drug-likeness (QED) is 0.0710. The molecule has 3 atom stereocenters. The van der Waals surface area contributed by atoms with Crippen molar-refractivity contribution in [2.45, 2.75) is 117 Å². The average molecular weight is 693 g/mol. The number of carbonyl (C=O) groups excluding carboxylic acids is 5. The van der Waals surface area contributed by atoms with Crippen LogP contribution in [-0.4, -0.2) is 96.8 Å². The Morgan fingerprint density at radius 2 is 1.53 bits per heavy atom. The third-order valence-electron chi connectivity index (χ3n) is 6.93. The number of phenolic OH excluding ortho intramolecular Hbond substituents is 1. The van der Waals surface area contributed by atoms with Crippen LogP contribution in [0.5, 0.6) is 5.75 Å². The average Bonchev–Trinajstić information content (AvgIpc) is 2.94. The van der Waals surface area contributed by atoms with Gasteiger partial charge in [0.25, 0.3) is 0 Å². The maximum Gasteiger partial charge on any atom is 0.407 e. The van der Waals surface area contributed by atoms with E-state index in [0.717, 1.165) is 0 Å². The number of hydrogen-bond acceptors (Lipinski definition) is 10. The fourth-order valence-corrected chi connectivity index (χ4v) is 4.68. The number of nitrogens with one attached hydrogen (secondary N) is 4. The summed E-state index contributed by atoms with van der Waals surface area (Å²) in [6.07, 6.45) is 2.22. The van der Waals surface area contributed by atoms with Gasteiger partial charge in [-0.15, -0.1) is 0 Å². The number of rotatable bonds is 19. The molecule has 1 aromatic rings. The van der Waals surface area contributed by atoms with E-state index < -0.39 is 41.3 Å². The molecule has 1 aromatic carbocycles. The van der Waals surface area contributed by atoms with Crippen molar-refractivity contribution in [3.05, 3.63) is 23.8 Å². The number of benzene rings is 1. The number of hydrogen-bond donors (Lipinski definition) is 6. The standard InChI is InChI=1S/C35H60N6O8/c1-23(32(46)48-34(2,3)4)19-25(39-33(47)49-35(5,6)7)20-24-15-16-28(42)27(21-24)40-29(43)14-12-18-38-31(45)26(36)13-10-11-17-37-30(44)22-41(8)9/h15-16,21,23,25-26,42H,10-14,17-20,22,36H2,1-9H3,(H,37,44)(H,38,45)(H,39,47)(H,40,43)/t23?,25-,26+/m1/s1. The molecule has 49 heavy (non-hydrogen) atoms. The number of alkyl carbamates (subject to hydrolysis) is 1. The van der Waals surface area contributed by atoms with E-state index in [4.69, 9.17) is 15.2 Å². The van der Waals surface area contributed by atoms with Crippen LogP contribution in [0.15, 0.2) is 18.2 Å². The van der Waals surface area contributed by atoms with Crippen LogP contribution in [0, 0.1) is 5.92 Å². The highest BCUT2D eigenvalue weighted by molar-refractivity contribution is 5.92. The van der Waals surface area contributed by atoms with Crippen LogP contribution in [0.3, 0.4) is 0 Å². The van der Waals surface area contributed by atoms with Gasteiger partial charge in [0.1, 0.15) is 17.0 Å². The molecule has 0 aliphatic heterocycles. The lowest BCUT2D eigenvalue weighted by Crippen LogP contribution is -2.42. The molecule has 0 saturated heterocycles. The highest BCUT2D eigenvalue weighted by Crippen LogP contribution is 2.26. The molecule has 14 heteroatoms. The molecule has 0 aliphatic carbocycles. The van der Waals surface area contributed by atoms with E-state index in [1.165, 1.54) is 6.07 Å². The van der Waals surface area contributed by atoms with Crippen LogP contribution in [0.1, 0.15) is 92.6 Å². The molecule has 0 saturated carbocycles. The van der Waals surface area contributed by atoms with Crippen molar-refractivity contribution >= 4 is 35.5 Å². The van der Waals surface area contributed by atoms with Gasteiger partial charge in [0.15, 0.2) is 0 Å². The van der Waals surface area contributed by atoms with Gasteiger partial charge in [0.2, 0.25) is 17.7 Å². The van der Waals surface area contributed by atoms with Gasteiger partial charge >= 0.3 is 12.1 Å². The monoisotopic (exact) mass is 692 g/mol. The maximum atomic E-state index is 12.7. The molecule has 0 bridgehead atoms. The summed E-state index contributed by atoms with van der Waals surface area (Å²) in [6.45, 7) is 13.4. The van der Waals surface area contributed by atoms with Crippen LogP contribution < -0.4 is 27.0 Å². The Balaban J connectivity index is 2.67. The van der Waals surface area contributed by atoms with Gasteiger partial charge in [-0.25, -0.2) is 4.79 Å². The van der Waals surface area contributed by atoms with E-state index in [1.807, 2.05) is 14.1 Å². The number of unbranched alkanes of at least 4 members (excludes halogenated alkanes) is 1. The van der Waals surface area contributed by atoms with Gasteiger partial charge in [0, 0.05) is 25.6 Å². The Bertz CT molecular complexity index is 1240. The van der Waals surface area contributed by atoms with Gasteiger partial charge in [-0.1, -0.05) is 13.0 Å². The van der Waals surface area contributed by atoms with Gasteiger partial charge < -0.3 is 46.5 Å². The SMILES string of the molecule is CC(C[C@H](Cc1ccc(O)c(NC(=O)CCCNC(=O)[C@@H](N)CCCCNC(=O)CN(C)C)c1)NC(=O)OC(C)(C)C)C(=O)OC(C)(C)C. The first-order valence-corrected chi connectivity index (χ1v) is 16.9. The van der Waals surface area contributed by atoms with Crippen molar-refractivity contribution in [3.8, 4) is 5.75 Å². The minimum Gasteiger partial charge on any atom is -0.506 e. The summed E-state index contributed by atoms with van der Waals surface area (Å²) in [5, 5.41) is 21.5. The molecule has 0 heterocycles. The summed E-state index contributed by atoms with van der Waals surface area (Å²) >= 11 is 0. The molecule has 0 aromatic heterocycles. The number of aromatic hydroxyl groups is 1. The summed E-state index contributed by atoms with van der Waals surface area (Å²) in [6, 6.07) is 3.53. The first kappa shape index (κ1) is 43.1. The summed E-state index contributed by atoms with van der Waals surface area (Å²) < 4.78 is 10.9. The molecular formula is C35H60N6O8. The lowest BCUT2D eigenvalue weighted by atomic mass is 9.95. The van der Waals surface area contributed by atoms with Crippen molar-refractivity contribution in [3.63, 3.8) is 0 Å². The number of anilines is 1. The number of phenols is 1. The van der Waals surface area contributed by atoms with Crippen LogP contribution in [0.2, 0.25) is 0 Å². The summed E-state index contributed by atoms with van der Waals surface area (Å²) in [5.41, 5.74) is 5.50. The highest BCUT2D eigenvalue weighted by Gasteiger charge is 2.27. The third-order valence-corrected chi connectivity index (χ3v) is 6.93. The van der Waals surface area contributed by atoms with Crippen molar-refractivity contribution < 1.29 is 38.6 Å². The molecule has 0 spiro atoms. The predicted octanol–water partition coefficient (Wildman–Crippen LogP) is 3.21. The van der Waals surface area contributed by atoms with E-state index >= 15 is 0 Å². The Labute approximate surface area is 291 Å². The first-order valence-electron chi connectivity index (χ1n) is 16.9. The minimum absolute atomic E-state index is 0.0537. The van der Waals surface area contributed by atoms with Gasteiger partial charge in [-0.05, 0) is 112 Å². The second-order valence-electron chi connectivity index (χ2n) is 14.7. The number of carbonyl (C=O) groups is 5. The van der Waals surface area contributed by atoms with E-state index in [1.54, 1.807) is 65.5 Å². The Hall–Kier alpha value is -3.91. The molecule has 7 N–H and O–H groups in total. The van der Waals surface area contributed by atoms with Crippen LogP contribution in [-0.2, 0) is 35.1 Å². The maximum absolute atomic E-state index is 12.7. The molecule has 0 radical (unpaired) electrons. The van der Waals surface area contributed by atoms with E-state index in [9.17, 15) is 29.1 Å². The summed E-state index contributed by atoms with van der Waals surface area (Å²) in [5.74, 6) is -1.77. The number of nitrogens with two attached hydrogens (primary N) is 1. The summed E-state index contributed by atoms with van der Waals surface area (Å²) in [4.78, 5) is 63.8. The van der Waals surface area contributed by atoms with Crippen molar-refractivity contribution in [1.82, 2.24) is 20.9 Å². The Morgan fingerprint density at radius 1 is 0.898 bits per heavy atom. The third kappa shape index (κ3) is 20.3. The lowest BCUT2D eigenvalue weighted by molar-refractivity contribution is -0.159. The Morgan fingerprint density at radius 3 is 2.14 bits per heavy atom.